The molecule has 0 aliphatic carbocycles. The second kappa shape index (κ2) is 8.37. The third-order valence-electron chi connectivity index (χ3n) is 4.94. The van der Waals surface area contributed by atoms with Gasteiger partial charge in [0.25, 0.3) is 5.91 Å². The van der Waals surface area contributed by atoms with Crippen LogP contribution in [0.15, 0.2) is 48.5 Å². The topological polar surface area (TPSA) is 29.5 Å². The van der Waals surface area contributed by atoms with Gasteiger partial charge in [0, 0.05) is 17.5 Å². The van der Waals surface area contributed by atoms with E-state index in [-0.39, 0.29) is 11.7 Å². The van der Waals surface area contributed by atoms with Crippen LogP contribution < -0.4 is 0 Å². The monoisotopic (exact) mass is 365 g/mol. The molecule has 140 valence electrons. The van der Waals surface area contributed by atoms with Gasteiger partial charge in [-0.25, -0.2) is 4.39 Å². The molecule has 0 radical (unpaired) electrons. The fraction of sp³-hybridized carbons (Fsp3) is 0.348. The van der Waals surface area contributed by atoms with Crippen molar-refractivity contribution in [3.05, 3.63) is 71.0 Å². The highest BCUT2D eigenvalue weighted by atomic mass is 19.1. The number of hydrogen-bond acceptors (Lipinski definition) is 2. The normalized spacial score (nSPS) is 18.2. The number of fused-ring (bicyclic) bond motifs is 1. The fourth-order valence-electron chi connectivity index (χ4n) is 3.59. The summed E-state index contributed by atoms with van der Waals surface area (Å²) in [5, 5.41) is 1.32. The molecule has 1 heterocycles. The zero-order valence-electron chi connectivity index (χ0n) is 15.8. The van der Waals surface area contributed by atoms with Crippen LogP contribution in [-0.4, -0.2) is 18.1 Å². The van der Waals surface area contributed by atoms with Crippen molar-refractivity contribution >= 4 is 5.91 Å². The first-order valence-corrected chi connectivity index (χ1v) is 9.35. The first-order valence-electron chi connectivity index (χ1n) is 9.35. The molecule has 2 aromatic carbocycles. The number of amides is 1. The maximum absolute atomic E-state index is 14.0. The third-order valence-corrected chi connectivity index (χ3v) is 4.94. The number of halogens is 1. The summed E-state index contributed by atoms with van der Waals surface area (Å²) in [6.07, 6.45) is 3.90. The average Bonchev–Trinajstić information content (AvgIpc) is 2.92. The lowest BCUT2D eigenvalue weighted by molar-refractivity contribution is -0.143. The minimum absolute atomic E-state index is 0.263. The van der Waals surface area contributed by atoms with E-state index in [2.05, 4.69) is 30.9 Å². The predicted octanol–water partition coefficient (Wildman–Crippen LogP) is 4.86. The van der Waals surface area contributed by atoms with Crippen molar-refractivity contribution in [3.8, 4) is 11.8 Å². The number of rotatable bonds is 6. The van der Waals surface area contributed by atoms with Crippen LogP contribution in [-0.2, 0) is 16.8 Å². The molecular formula is C23H24FNO2. The Balaban J connectivity index is 1.95. The smallest absolute Gasteiger partial charge is 0.272 e. The Morgan fingerprint density at radius 1 is 1.19 bits per heavy atom. The first kappa shape index (κ1) is 19.1. The molecule has 1 aliphatic rings. The third kappa shape index (κ3) is 3.74. The lowest BCUT2D eigenvalue weighted by Gasteiger charge is -2.32. The van der Waals surface area contributed by atoms with Crippen LogP contribution >= 0.6 is 0 Å². The molecule has 0 saturated heterocycles. The van der Waals surface area contributed by atoms with E-state index >= 15 is 0 Å². The average molecular weight is 365 g/mol. The Hall–Kier alpha value is -2.64. The molecule has 27 heavy (non-hydrogen) atoms. The van der Waals surface area contributed by atoms with Crippen molar-refractivity contribution in [1.82, 2.24) is 5.06 Å². The van der Waals surface area contributed by atoms with Crippen LogP contribution in [0.25, 0.3) is 0 Å². The summed E-state index contributed by atoms with van der Waals surface area (Å²) in [5.74, 6) is 5.87. The summed E-state index contributed by atoms with van der Waals surface area (Å²) in [6.45, 7) is 2.08. The largest absolute Gasteiger partial charge is 0.279 e. The molecule has 0 bridgehead atoms. The van der Waals surface area contributed by atoms with Crippen molar-refractivity contribution < 1.29 is 14.0 Å². The molecule has 1 atom stereocenters. The second-order valence-electron chi connectivity index (χ2n) is 6.72. The van der Waals surface area contributed by atoms with Gasteiger partial charge < -0.3 is 0 Å². The Kier molecular flexibility index (Phi) is 5.93. The molecule has 3 nitrogen and oxygen atoms in total. The summed E-state index contributed by atoms with van der Waals surface area (Å²) in [7, 11) is 1.46. The molecule has 1 aliphatic heterocycles. The lowest BCUT2D eigenvalue weighted by Crippen LogP contribution is -2.42. The van der Waals surface area contributed by atoms with Gasteiger partial charge in [-0.1, -0.05) is 49.6 Å². The number of unbranched alkanes of at least 4 members (excludes halogenated alkanes) is 1. The highest BCUT2D eigenvalue weighted by molar-refractivity contribution is 6.00. The molecule has 1 amide bonds. The lowest BCUT2D eigenvalue weighted by atomic mass is 9.85. The van der Waals surface area contributed by atoms with Crippen molar-refractivity contribution in [2.24, 2.45) is 0 Å². The van der Waals surface area contributed by atoms with E-state index in [0.717, 1.165) is 19.3 Å². The van der Waals surface area contributed by atoms with Crippen molar-refractivity contribution in [2.75, 3.05) is 7.11 Å². The summed E-state index contributed by atoms with van der Waals surface area (Å²) in [6, 6.07) is 14.4. The van der Waals surface area contributed by atoms with E-state index in [0.29, 0.717) is 24.0 Å². The quantitative estimate of drug-likeness (QED) is 0.684. The predicted molar refractivity (Wildman–Crippen MR) is 103 cm³/mol. The zero-order valence-corrected chi connectivity index (χ0v) is 15.8. The van der Waals surface area contributed by atoms with Crippen LogP contribution in [0.3, 0.4) is 0 Å². The van der Waals surface area contributed by atoms with E-state index in [9.17, 15) is 9.18 Å². The number of carbonyl (C=O) groups excluding carboxylic acids is 1. The van der Waals surface area contributed by atoms with Gasteiger partial charge in [-0.2, -0.15) is 5.06 Å². The van der Waals surface area contributed by atoms with Gasteiger partial charge in [0.05, 0.1) is 7.11 Å². The number of hydroxylamine groups is 2. The molecule has 0 saturated carbocycles. The maximum Gasteiger partial charge on any atom is 0.279 e. The Morgan fingerprint density at radius 2 is 1.96 bits per heavy atom. The maximum atomic E-state index is 14.0. The minimum atomic E-state index is -0.935. The van der Waals surface area contributed by atoms with Gasteiger partial charge in [-0.3, -0.25) is 9.63 Å². The first-order chi connectivity index (χ1) is 13.1. The number of carbonyl (C=O) groups is 1. The Labute approximate surface area is 160 Å². The number of benzene rings is 2. The van der Waals surface area contributed by atoms with E-state index in [1.54, 1.807) is 0 Å². The molecule has 3 rings (SSSR count). The van der Waals surface area contributed by atoms with Gasteiger partial charge in [-0.15, -0.1) is 5.92 Å². The standard InChI is InChI=1S/C23H24FNO2/c1-3-4-15-23(16-9-8-12-18-10-6-5-7-11-18)21-17-19(24)13-14-20(21)22(26)25(23)27-2/h5-7,10-11,13-14,17H,3-4,8,12,15H2,1-2H3. The van der Waals surface area contributed by atoms with Crippen molar-refractivity contribution in [2.45, 2.75) is 44.6 Å². The van der Waals surface area contributed by atoms with E-state index in [1.165, 1.54) is 35.9 Å². The van der Waals surface area contributed by atoms with Crippen LogP contribution in [0.2, 0.25) is 0 Å². The molecule has 0 N–H and O–H groups in total. The minimum Gasteiger partial charge on any atom is -0.272 e. The second-order valence-corrected chi connectivity index (χ2v) is 6.72. The van der Waals surface area contributed by atoms with E-state index < -0.39 is 5.54 Å². The van der Waals surface area contributed by atoms with Crippen LogP contribution in [0.5, 0.6) is 0 Å². The zero-order chi connectivity index (χ0) is 19.3. The number of aryl methyl sites for hydroxylation is 1. The van der Waals surface area contributed by atoms with Gasteiger partial charge in [0.15, 0.2) is 5.54 Å². The number of hydrogen-bond donors (Lipinski definition) is 0. The highest BCUT2D eigenvalue weighted by Gasteiger charge is 2.49. The van der Waals surface area contributed by atoms with Gasteiger partial charge in [0.1, 0.15) is 5.82 Å². The van der Waals surface area contributed by atoms with Crippen molar-refractivity contribution in [3.63, 3.8) is 0 Å². The van der Waals surface area contributed by atoms with Crippen molar-refractivity contribution in [1.29, 1.82) is 0 Å². The molecular weight excluding hydrogens is 341 g/mol. The molecule has 4 heteroatoms. The van der Waals surface area contributed by atoms with Crippen LogP contribution in [0.4, 0.5) is 4.39 Å². The fourth-order valence-corrected chi connectivity index (χ4v) is 3.59. The molecule has 0 aromatic heterocycles. The molecule has 0 fully saturated rings. The van der Waals surface area contributed by atoms with Gasteiger partial charge in [-0.05, 0) is 43.0 Å². The van der Waals surface area contributed by atoms with Crippen LogP contribution in [0, 0.1) is 17.7 Å². The van der Waals surface area contributed by atoms with E-state index in [4.69, 9.17) is 4.84 Å². The molecule has 2 aromatic rings. The molecule has 1 unspecified atom stereocenters. The van der Waals surface area contributed by atoms with Gasteiger partial charge in [0.2, 0.25) is 0 Å². The molecule has 0 spiro atoms. The summed E-state index contributed by atoms with van der Waals surface area (Å²) >= 11 is 0. The van der Waals surface area contributed by atoms with E-state index in [1.807, 2.05) is 18.2 Å². The summed E-state index contributed by atoms with van der Waals surface area (Å²) in [4.78, 5) is 18.2. The summed E-state index contributed by atoms with van der Waals surface area (Å²) < 4.78 is 14.0. The van der Waals surface area contributed by atoms with Crippen LogP contribution in [0.1, 0.15) is 54.1 Å². The Bertz CT molecular complexity index is 869. The highest BCUT2D eigenvalue weighted by Crippen LogP contribution is 2.43. The Morgan fingerprint density at radius 3 is 2.67 bits per heavy atom. The SMILES string of the molecule is CCCCC1(C#CCCc2ccccc2)c2cc(F)ccc2C(=O)N1OC. The number of nitrogens with zero attached hydrogens (tertiary/aromatic N) is 1. The summed E-state index contributed by atoms with van der Waals surface area (Å²) in [5.41, 5.74) is 1.35. The van der Waals surface area contributed by atoms with Gasteiger partial charge >= 0.3 is 0 Å².